The Morgan fingerprint density at radius 3 is 2.71 bits per heavy atom. The van der Waals surface area contributed by atoms with Gasteiger partial charge in [0.1, 0.15) is 21.2 Å². The van der Waals surface area contributed by atoms with Gasteiger partial charge in [-0.25, -0.2) is 14.2 Å². The highest BCUT2D eigenvalue weighted by atomic mass is 32.1. The number of likely N-dealkylation sites (tertiary alicyclic amines) is 1. The van der Waals surface area contributed by atoms with Gasteiger partial charge < -0.3 is 20.3 Å². The molecule has 4 aromatic rings. The number of hydrogen-bond donors (Lipinski definition) is 2. The zero-order valence-electron chi connectivity index (χ0n) is 22.1. The third kappa shape index (κ3) is 5.00. The number of thiophene rings is 1. The molecule has 2 aromatic carbocycles. The number of halogens is 1. The molecular formula is C30H26FN5O4S. The number of piperidine rings is 1. The third-order valence-corrected chi connectivity index (χ3v) is 8.21. The predicted octanol–water partition coefficient (Wildman–Crippen LogP) is 6.28. The minimum absolute atomic E-state index is 0.181. The number of aromatic nitrogens is 1. The van der Waals surface area contributed by atoms with Gasteiger partial charge in [0.05, 0.1) is 22.4 Å². The van der Waals surface area contributed by atoms with Crippen molar-refractivity contribution in [2.24, 2.45) is 0 Å². The highest BCUT2D eigenvalue weighted by molar-refractivity contribution is 7.21. The topological polar surface area (TPSA) is 104 Å². The van der Waals surface area contributed by atoms with Crippen molar-refractivity contribution in [3.8, 4) is 11.5 Å². The number of benzene rings is 2. The number of amides is 4. The molecule has 1 unspecified atom stereocenters. The Kier molecular flexibility index (Phi) is 6.88. The molecule has 2 N–H and O–H groups in total. The summed E-state index contributed by atoms with van der Waals surface area (Å²) >= 11 is 1.18. The van der Waals surface area contributed by atoms with Gasteiger partial charge in [0.15, 0.2) is 5.83 Å². The first kappa shape index (κ1) is 26.5. The van der Waals surface area contributed by atoms with Crippen molar-refractivity contribution in [3.63, 3.8) is 0 Å². The van der Waals surface area contributed by atoms with Crippen molar-refractivity contribution in [1.29, 1.82) is 0 Å². The van der Waals surface area contributed by atoms with Crippen molar-refractivity contribution in [2.75, 3.05) is 23.3 Å². The Labute approximate surface area is 239 Å². The Balaban J connectivity index is 1.28. The largest absolute Gasteiger partial charge is 0.457 e. The fraction of sp³-hybridized carbons (Fsp3) is 0.200. The normalized spacial score (nSPS) is 16.3. The van der Waals surface area contributed by atoms with Gasteiger partial charge in [-0.2, -0.15) is 0 Å². The molecule has 6 rings (SSSR count). The van der Waals surface area contributed by atoms with Gasteiger partial charge in [-0.05, 0) is 61.7 Å². The van der Waals surface area contributed by atoms with Crippen LogP contribution < -0.4 is 20.3 Å². The molecule has 2 aliphatic heterocycles. The second kappa shape index (κ2) is 10.7. The van der Waals surface area contributed by atoms with Gasteiger partial charge in [-0.1, -0.05) is 24.8 Å². The molecule has 1 atom stereocenters. The number of rotatable bonds is 6. The summed E-state index contributed by atoms with van der Waals surface area (Å²) in [6, 6.07) is 15.9. The van der Waals surface area contributed by atoms with Crippen LogP contribution in [-0.4, -0.2) is 46.9 Å². The fourth-order valence-corrected chi connectivity index (χ4v) is 6.27. The number of carbonyl (C=O) groups excluding carboxylic acids is 3. The van der Waals surface area contributed by atoms with E-state index in [9.17, 15) is 18.8 Å². The number of anilines is 3. The van der Waals surface area contributed by atoms with E-state index in [0.717, 1.165) is 5.56 Å². The van der Waals surface area contributed by atoms with Crippen LogP contribution >= 0.6 is 11.3 Å². The minimum atomic E-state index is -1.02. The second-order valence-electron chi connectivity index (χ2n) is 9.91. The lowest BCUT2D eigenvalue weighted by atomic mass is 10.0. The SMILES string of the molecule is C=C(F)C(=O)N1CCCC(NC(=O)c2sc3nccc4c3c2NC(=O)N4c2ccc(Oc3ccccc3)cc2C)C1. The molecule has 2 aliphatic rings. The molecule has 0 bridgehead atoms. The van der Waals surface area contributed by atoms with Crippen LogP contribution in [0.3, 0.4) is 0 Å². The van der Waals surface area contributed by atoms with Crippen LogP contribution in [0.5, 0.6) is 11.5 Å². The van der Waals surface area contributed by atoms with Crippen LogP contribution in [0.15, 0.2) is 73.2 Å². The molecule has 4 amide bonds. The van der Waals surface area contributed by atoms with Crippen molar-refractivity contribution >= 4 is 56.5 Å². The summed E-state index contributed by atoms with van der Waals surface area (Å²) in [6.07, 6.45) is 2.87. The Morgan fingerprint density at radius 1 is 1.15 bits per heavy atom. The maximum Gasteiger partial charge on any atom is 0.331 e. The first-order chi connectivity index (χ1) is 19.8. The van der Waals surface area contributed by atoms with E-state index in [0.29, 0.717) is 63.0 Å². The first-order valence-electron chi connectivity index (χ1n) is 13.1. The molecule has 1 saturated heterocycles. The molecule has 4 heterocycles. The summed E-state index contributed by atoms with van der Waals surface area (Å²) in [4.78, 5) is 47.3. The number of carbonyl (C=O) groups is 3. The minimum Gasteiger partial charge on any atom is -0.457 e. The van der Waals surface area contributed by atoms with Gasteiger partial charge >= 0.3 is 6.03 Å². The highest BCUT2D eigenvalue weighted by Gasteiger charge is 2.34. The Hall–Kier alpha value is -4.77. The molecule has 11 heteroatoms. The maximum atomic E-state index is 13.5. The van der Waals surface area contributed by atoms with E-state index in [4.69, 9.17) is 4.74 Å². The maximum absolute atomic E-state index is 13.5. The average molecular weight is 572 g/mol. The number of nitrogens with one attached hydrogen (secondary N) is 2. The zero-order valence-corrected chi connectivity index (χ0v) is 23.0. The summed E-state index contributed by atoms with van der Waals surface area (Å²) in [5.41, 5.74) is 2.50. The van der Waals surface area contributed by atoms with Crippen molar-refractivity contribution in [2.45, 2.75) is 25.8 Å². The van der Waals surface area contributed by atoms with Crippen LogP contribution in [0, 0.1) is 6.92 Å². The monoisotopic (exact) mass is 571 g/mol. The van der Waals surface area contributed by atoms with E-state index >= 15 is 0 Å². The van der Waals surface area contributed by atoms with E-state index in [-0.39, 0.29) is 18.5 Å². The molecule has 2 aromatic heterocycles. The van der Waals surface area contributed by atoms with Gasteiger partial charge in [0.25, 0.3) is 11.8 Å². The van der Waals surface area contributed by atoms with Crippen LogP contribution in [0.1, 0.15) is 28.1 Å². The number of ether oxygens (including phenoxy) is 1. The summed E-state index contributed by atoms with van der Waals surface area (Å²) in [6.45, 7) is 5.57. The number of hydrogen-bond acceptors (Lipinski definition) is 6. The smallest absolute Gasteiger partial charge is 0.331 e. The molecule has 208 valence electrons. The van der Waals surface area contributed by atoms with Crippen LogP contribution in [0.25, 0.3) is 10.2 Å². The van der Waals surface area contributed by atoms with Crippen LogP contribution in [-0.2, 0) is 4.79 Å². The molecular weight excluding hydrogens is 545 g/mol. The second-order valence-corrected chi connectivity index (χ2v) is 10.9. The predicted molar refractivity (Wildman–Crippen MR) is 156 cm³/mol. The Morgan fingerprint density at radius 2 is 1.95 bits per heavy atom. The lowest BCUT2D eigenvalue weighted by Gasteiger charge is -2.33. The van der Waals surface area contributed by atoms with E-state index in [2.05, 4.69) is 22.2 Å². The third-order valence-electron chi connectivity index (χ3n) is 7.12. The van der Waals surface area contributed by atoms with E-state index in [1.165, 1.54) is 16.2 Å². The highest BCUT2D eigenvalue weighted by Crippen LogP contribution is 2.46. The zero-order chi connectivity index (χ0) is 28.7. The molecule has 9 nitrogen and oxygen atoms in total. The summed E-state index contributed by atoms with van der Waals surface area (Å²) < 4.78 is 19.3. The number of pyridine rings is 1. The number of para-hydroxylation sites is 1. The quantitative estimate of drug-likeness (QED) is 0.265. The molecule has 0 aliphatic carbocycles. The van der Waals surface area contributed by atoms with Gasteiger partial charge in [-0.3, -0.25) is 14.5 Å². The first-order valence-corrected chi connectivity index (χ1v) is 13.9. The molecule has 0 spiro atoms. The number of aryl methyl sites for hydroxylation is 1. The molecule has 0 saturated carbocycles. The Bertz CT molecular complexity index is 1710. The molecule has 41 heavy (non-hydrogen) atoms. The molecule has 0 radical (unpaired) electrons. The van der Waals surface area contributed by atoms with Crippen molar-refractivity contribution < 1.29 is 23.5 Å². The number of urea groups is 1. The summed E-state index contributed by atoms with van der Waals surface area (Å²) in [5, 5.41) is 6.52. The summed E-state index contributed by atoms with van der Waals surface area (Å²) in [7, 11) is 0. The van der Waals surface area contributed by atoms with Gasteiger partial charge in [-0.15, -0.1) is 11.3 Å². The van der Waals surface area contributed by atoms with Crippen molar-refractivity contribution in [3.05, 3.63) is 83.6 Å². The van der Waals surface area contributed by atoms with Gasteiger partial charge in [0, 0.05) is 25.3 Å². The lowest BCUT2D eigenvalue weighted by molar-refractivity contribution is -0.129. The fourth-order valence-electron chi connectivity index (χ4n) is 5.25. The van der Waals surface area contributed by atoms with Crippen molar-refractivity contribution in [1.82, 2.24) is 15.2 Å². The van der Waals surface area contributed by atoms with E-state index in [1.54, 1.807) is 23.2 Å². The molecule has 1 fully saturated rings. The van der Waals surface area contributed by atoms with E-state index < -0.39 is 17.8 Å². The van der Waals surface area contributed by atoms with Gasteiger partial charge in [0.2, 0.25) is 0 Å². The standard InChI is InChI=1S/C30H26FN5O4S/c1-17-15-21(40-20-8-4-3-5-9-20)10-11-22(17)36-23-12-13-32-28-24(23)25(34-30(36)39)26(41-28)27(37)33-19-7-6-14-35(16-19)29(38)18(2)31/h3-5,8-13,15,19H,2,6-7,14,16H2,1H3,(H,33,37)(H,34,39). The number of nitrogens with zero attached hydrogens (tertiary/aromatic N) is 3. The van der Waals surface area contributed by atoms with E-state index in [1.807, 2.05) is 49.4 Å². The van der Waals surface area contributed by atoms with Crippen LogP contribution in [0.4, 0.5) is 26.2 Å². The lowest BCUT2D eigenvalue weighted by Crippen LogP contribution is -2.49. The average Bonchev–Trinajstić information content (AvgIpc) is 3.33. The summed E-state index contributed by atoms with van der Waals surface area (Å²) in [5.74, 6) is -0.828. The van der Waals surface area contributed by atoms with Crippen LogP contribution in [0.2, 0.25) is 0 Å².